The quantitative estimate of drug-likeness (QED) is 0.128. The van der Waals surface area contributed by atoms with Gasteiger partial charge in [-0.05, 0) is 111 Å². The van der Waals surface area contributed by atoms with E-state index in [-0.39, 0.29) is 5.97 Å². The zero-order valence-electron chi connectivity index (χ0n) is 31.3. The van der Waals surface area contributed by atoms with Crippen LogP contribution in [0, 0.1) is 18.8 Å². The van der Waals surface area contributed by atoms with Crippen LogP contribution in [0.3, 0.4) is 0 Å². The van der Waals surface area contributed by atoms with Gasteiger partial charge in [0.05, 0.1) is 13.0 Å². The Kier molecular flexibility index (Phi) is 10.5. The zero-order valence-corrected chi connectivity index (χ0v) is 32.1. The Hall–Kier alpha value is -3.65. The molecular formula is C44H54ClN5O2. The minimum Gasteiger partial charge on any atom is -0.465 e. The van der Waals surface area contributed by atoms with E-state index in [9.17, 15) is 4.79 Å². The van der Waals surface area contributed by atoms with Gasteiger partial charge in [0.1, 0.15) is 0 Å². The molecule has 0 N–H and O–H groups in total. The van der Waals surface area contributed by atoms with E-state index < -0.39 is 0 Å². The minimum atomic E-state index is -0.0795. The molecule has 5 aromatic rings. The van der Waals surface area contributed by atoms with Gasteiger partial charge in [-0.25, -0.2) is 0 Å². The summed E-state index contributed by atoms with van der Waals surface area (Å²) in [5, 5.41) is 3.40. The lowest BCUT2D eigenvalue weighted by Gasteiger charge is -2.35. The summed E-state index contributed by atoms with van der Waals surface area (Å²) in [4.78, 5) is 22.8. The van der Waals surface area contributed by atoms with E-state index in [0.717, 1.165) is 88.5 Å². The second-order valence-electron chi connectivity index (χ2n) is 15.9. The van der Waals surface area contributed by atoms with Gasteiger partial charge in [-0.1, -0.05) is 42.6 Å². The largest absolute Gasteiger partial charge is 0.465 e. The van der Waals surface area contributed by atoms with Crippen molar-refractivity contribution in [2.75, 3.05) is 33.3 Å². The Labute approximate surface area is 313 Å². The number of ether oxygens (including phenoxy) is 1. The fraction of sp³-hybridized carbons (Fsp3) is 0.500. The molecule has 2 atom stereocenters. The fourth-order valence-corrected chi connectivity index (χ4v) is 9.64. The molecule has 3 aliphatic rings. The predicted molar refractivity (Wildman–Crippen MR) is 211 cm³/mol. The van der Waals surface area contributed by atoms with Crippen LogP contribution in [0.25, 0.3) is 21.8 Å². The van der Waals surface area contributed by atoms with Crippen LogP contribution in [0.15, 0.2) is 54.7 Å². The molecule has 0 saturated heterocycles. The van der Waals surface area contributed by atoms with Gasteiger partial charge >= 0.3 is 5.97 Å². The van der Waals surface area contributed by atoms with Gasteiger partial charge in [-0.3, -0.25) is 14.7 Å². The van der Waals surface area contributed by atoms with E-state index >= 15 is 0 Å². The van der Waals surface area contributed by atoms with Crippen LogP contribution in [0.1, 0.15) is 78.4 Å². The summed E-state index contributed by atoms with van der Waals surface area (Å²) in [5.74, 6) is 1.02. The summed E-state index contributed by atoms with van der Waals surface area (Å²) >= 11 is 6.39. The third-order valence-corrected chi connectivity index (χ3v) is 12.4. The van der Waals surface area contributed by atoms with Crippen LogP contribution >= 0.6 is 11.6 Å². The molecule has 1 fully saturated rings. The number of halogens is 1. The lowest BCUT2D eigenvalue weighted by molar-refractivity contribution is -0.145. The van der Waals surface area contributed by atoms with Crippen LogP contribution in [0.5, 0.6) is 0 Å². The van der Waals surface area contributed by atoms with E-state index in [0.29, 0.717) is 31.4 Å². The molecule has 0 amide bonds. The molecule has 274 valence electrons. The molecule has 0 bridgehead atoms. The Morgan fingerprint density at radius 3 is 2.46 bits per heavy atom. The number of nitrogens with zero attached hydrogens (tertiary/aromatic N) is 5. The third kappa shape index (κ3) is 7.42. The number of carbonyl (C=O) groups excluding carboxylic acids is 1. The van der Waals surface area contributed by atoms with E-state index in [1.54, 1.807) is 0 Å². The van der Waals surface area contributed by atoms with Crippen molar-refractivity contribution in [3.05, 3.63) is 99.1 Å². The fourth-order valence-electron chi connectivity index (χ4n) is 9.47. The van der Waals surface area contributed by atoms with Gasteiger partial charge < -0.3 is 18.8 Å². The van der Waals surface area contributed by atoms with Crippen molar-refractivity contribution in [2.24, 2.45) is 11.8 Å². The predicted octanol–water partition coefficient (Wildman–Crippen LogP) is 8.54. The molecular weight excluding hydrogens is 666 g/mol. The lowest BCUT2D eigenvalue weighted by Crippen LogP contribution is -2.37. The number of rotatable bonds is 11. The van der Waals surface area contributed by atoms with Gasteiger partial charge in [0.2, 0.25) is 0 Å². The van der Waals surface area contributed by atoms with Gasteiger partial charge in [-0.2, -0.15) is 0 Å². The van der Waals surface area contributed by atoms with Crippen LogP contribution in [0.4, 0.5) is 0 Å². The Morgan fingerprint density at radius 2 is 1.65 bits per heavy atom. The maximum Gasteiger partial charge on any atom is 0.307 e. The van der Waals surface area contributed by atoms with Gasteiger partial charge in [0.15, 0.2) is 0 Å². The van der Waals surface area contributed by atoms with Crippen molar-refractivity contribution in [3.63, 3.8) is 0 Å². The zero-order chi connectivity index (χ0) is 35.8. The molecule has 2 unspecified atom stereocenters. The molecule has 5 heterocycles. The summed E-state index contributed by atoms with van der Waals surface area (Å²) in [5.41, 5.74) is 12.1. The van der Waals surface area contributed by atoms with E-state index in [1.807, 2.05) is 6.07 Å². The maximum absolute atomic E-state index is 13.1. The summed E-state index contributed by atoms with van der Waals surface area (Å²) in [7, 11) is 2.17. The summed E-state index contributed by atoms with van der Waals surface area (Å²) in [6.07, 6.45) is 11.3. The maximum atomic E-state index is 13.1. The number of fused-ring (bicyclic) bond motifs is 6. The highest BCUT2D eigenvalue weighted by Gasteiger charge is 2.29. The van der Waals surface area contributed by atoms with Crippen molar-refractivity contribution in [3.8, 4) is 0 Å². The van der Waals surface area contributed by atoms with Crippen LogP contribution < -0.4 is 0 Å². The number of pyridine rings is 1. The number of aryl methyl sites for hydroxylation is 5. The van der Waals surface area contributed by atoms with E-state index in [1.165, 1.54) is 68.3 Å². The molecule has 7 nitrogen and oxygen atoms in total. The Balaban J connectivity index is 0.866. The number of hydrogen-bond acceptors (Lipinski definition) is 5. The molecule has 1 aliphatic carbocycles. The highest BCUT2D eigenvalue weighted by atomic mass is 35.5. The van der Waals surface area contributed by atoms with Crippen molar-refractivity contribution in [1.82, 2.24) is 23.9 Å². The third-order valence-electron chi connectivity index (χ3n) is 12.2. The Morgan fingerprint density at radius 1 is 0.904 bits per heavy atom. The van der Waals surface area contributed by atoms with Crippen molar-refractivity contribution < 1.29 is 9.53 Å². The van der Waals surface area contributed by atoms with Crippen molar-refractivity contribution in [1.29, 1.82) is 0 Å². The molecule has 1 saturated carbocycles. The normalized spacial score (nSPS) is 19.6. The van der Waals surface area contributed by atoms with Gasteiger partial charge in [0.25, 0.3) is 0 Å². The molecule has 2 aromatic carbocycles. The number of carbonyl (C=O) groups is 1. The van der Waals surface area contributed by atoms with Gasteiger partial charge in [0, 0.05) is 109 Å². The summed E-state index contributed by atoms with van der Waals surface area (Å²) in [6.45, 7) is 11.8. The second-order valence-corrected chi connectivity index (χ2v) is 16.3. The molecule has 8 rings (SSSR count). The number of aromatic nitrogens is 3. The average molecular weight is 720 g/mol. The Bertz CT molecular complexity index is 2060. The topological polar surface area (TPSA) is 55.5 Å². The number of benzene rings is 2. The molecule has 0 radical (unpaired) electrons. The lowest BCUT2D eigenvalue weighted by atomic mass is 9.81. The second kappa shape index (κ2) is 15.4. The first-order chi connectivity index (χ1) is 25.3. The highest BCUT2D eigenvalue weighted by molar-refractivity contribution is 6.31. The van der Waals surface area contributed by atoms with E-state index in [4.69, 9.17) is 16.3 Å². The first-order valence-corrected chi connectivity index (χ1v) is 20.1. The number of hydrogen-bond donors (Lipinski definition) is 0. The highest BCUT2D eigenvalue weighted by Crippen LogP contribution is 2.36. The molecule has 8 heteroatoms. The molecule has 3 aromatic heterocycles. The van der Waals surface area contributed by atoms with Gasteiger partial charge in [-0.15, -0.1) is 0 Å². The SMILES string of the molecule is CCc1ccc(CCn2c3c(c4cc(C)ccc42)CN(CC2CCCC(COC(=O)CCn4c5c(c6cc(Cl)ccc64)CN(C)CC5)C2)CC3)cn1. The molecule has 0 spiro atoms. The first-order valence-electron chi connectivity index (χ1n) is 19.7. The van der Waals surface area contributed by atoms with Crippen LogP contribution in [-0.2, 0) is 61.4 Å². The molecule has 52 heavy (non-hydrogen) atoms. The number of esters is 1. The van der Waals surface area contributed by atoms with Crippen molar-refractivity contribution >= 4 is 39.4 Å². The van der Waals surface area contributed by atoms with Crippen molar-refractivity contribution in [2.45, 2.75) is 97.8 Å². The summed E-state index contributed by atoms with van der Waals surface area (Å²) < 4.78 is 10.9. The minimum absolute atomic E-state index is 0.0795. The van der Waals surface area contributed by atoms with Crippen LogP contribution in [0.2, 0.25) is 5.02 Å². The first kappa shape index (κ1) is 35.4. The average Bonchev–Trinajstić information content (AvgIpc) is 3.62. The smallest absolute Gasteiger partial charge is 0.307 e. The van der Waals surface area contributed by atoms with Crippen LogP contribution in [-0.4, -0.2) is 63.2 Å². The monoisotopic (exact) mass is 719 g/mol. The summed E-state index contributed by atoms with van der Waals surface area (Å²) in [6, 6.07) is 17.6. The van der Waals surface area contributed by atoms with E-state index in [2.05, 4.69) is 93.5 Å². The molecule has 2 aliphatic heterocycles. The standard InChI is InChI=1S/C44H54ClN5O2/c1-4-35-11-9-31(25-46-35)14-20-49-40-12-8-30(2)22-36(40)39-28-48(19-16-43(39)49)26-32-6-5-7-33(23-32)29-52-44(51)17-21-50-41-13-10-34(45)24-37(41)38-27-47(3)18-15-42(38)50/h8-13,22,24-25,32-33H,4-7,14-21,23,26-29H2,1-3H3. The number of likely N-dealkylation sites (N-methyl/N-ethyl adjacent to an activating group) is 1.